The topological polar surface area (TPSA) is 63.6 Å². The number of amides is 1. The molecular weight excluding hydrogens is 378 g/mol. The van der Waals surface area contributed by atoms with E-state index in [1.807, 2.05) is 24.3 Å². The van der Waals surface area contributed by atoms with Gasteiger partial charge in [0.1, 0.15) is 5.75 Å². The van der Waals surface area contributed by atoms with Crippen LogP contribution in [0.25, 0.3) is 10.2 Å². The Morgan fingerprint density at radius 2 is 2.24 bits per heavy atom. The lowest BCUT2D eigenvalue weighted by Crippen LogP contribution is -2.19. The standard InChI is InChI=1S/C17H14ClN3O2S2/c1-23-14-7-6-11(8-12(14)18)9-19-21-16(22)10-24-17-20-13-4-2-3-5-15(13)25-17/h2-9H,10H2,1H3,(H,21,22)/b19-9-. The molecule has 0 saturated heterocycles. The zero-order valence-electron chi connectivity index (χ0n) is 13.2. The predicted molar refractivity (Wildman–Crippen MR) is 104 cm³/mol. The number of hydrazone groups is 1. The Morgan fingerprint density at radius 1 is 1.40 bits per heavy atom. The number of benzene rings is 2. The van der Waals surface area contributed by atoms with E-state index in [2.05, 4.69) is 15.5 Å². The molecule has 2 aromatic carbocycles. The lowest BCUT2D eigenvalue weighted by molar-refractivity contribution is -0.118. The van der Waals surface area contributed by atoms with Crippen LogP contribution in [-0.2, 0) is 4.79 Å². The minimum atomic E-state index is -0.194. The van der Waals surface area contributed by atoms with Crippen LogP contribution in [0.15, 0.2) is 51.9 Å². The predicted octanol–water partition coefficient (Wildman–Crippen LogP) is 4.20. The number of nitrogens with zero attached hydrogens (tertiary/aromatic N) is 2. The molecule has 5 nitrogen and oxygen atoms in total. The molecule has 8 heteroatoms. The highest BCUT2D eigenvalue weighted by atomic mass is 35.5. The number of aromatic nitrogens is 1. The van der Waals surface area contributed by atoms with Crippen LogP contribution in [0.1, 0.15) is 5.56 Å². The number of ether oxygens (including phenoxy) is 1. The largest absolute Gasteiger partial charge is 0.495 e. The SMILES string of the molecule is COc1ccc(/C=N\NC(=O)CSc2nc3ccccc3s2)cc1Cl. The molecule has 0 fully saturated rings. The third-order valence-electron chi connectivity index (χ3n) is 3.18. The summed E-state index contributed by atoms with van der Waals surface area (Å²) >= 11 is 9.00. The molecule has 3 aromatic rings. The summed E-state index contributed by atoms with van der Waals surface area (Å²) in [6, 6.07) is 13.2. The zero-order valence-corrected chi connectivity index (χ0v) is 15.6. The van der Waals surface area contributed by atoms with Crippen LogP contribution in [0.3, 0.4) is 0 Å². The first kappa shape index (κ1) is 17.7. The lowest BCUT2D eigenvalue weighted by atomic mass is 10.2. The van der Waals surface area contributed by atoms with Crippen LogP contribution < -0.4 is 10.2 Å². The Morgan fingerprint density at radius 3 is 3.00 bits per heavy atom. The molecule has 0 spiro atoms. The molecule has 1 aromatic heterocycles. The Labute approximate surface area is 158 Å². The van der Waals surface area contributed by atoms with Crippen molar-refractivity contribution in [3.8, 4) is 5.75 Å². The van der Waals surface area contributed by atoms with Gasteiger partial charge in [-0.2, -0.15) is 5.10 Å². The van der Waals surface area contributed by atoms with E-state index in [1.165, 1.54) is 18.0 Å². The molecular formula is C17H14ClN3O2S2. The molecule has 1 N–H and O–H groups in total. The molecule has 1 amide bonds. The summed E-state index contributed by atoms with van der Waals surface area (Å²) in [7, 11) is 1.55. The summed E-state index contributed by atoms with van der Waals surface area (Å²) < 4.78 is 7.06. The molecule has 1 heterocycles. The van der Waals surface area contributed by atoms with Crippen molar-refractivity contribution in [2.45, 2.75) is 4.34 Å². The second-order valence-electron chi connectivity index (χ2n) is 4.92. The van der Waals surface area contributed by atoms with Crippen LogP contribution in [0.4, 0.5) is 0 Å². The average molecular weight is 392 g/mol. The van der Waals surface area contributed by atoms with Crippen molar-refractivity contribution in [3.63, 3.8) is 0 Å². The molecule has 0 aliphatic heterocycles. The number of halogens is 1. The van der Waals surface area contributed by atoms with Crippen molar-refractivity contribution in [2.75, 3.05) is 12.9 Å². The molecule has 0 saturated carbocycles. The van der Waals surface area contributed by atoms with E-state index in [1.54, 1.807) is 36.6 Å². The maximum atomic E-state index is 11.9. The number of para-hydroxylation sites is 1. The minimum absolute atomic E-state index is 0.194. The number of methoxy groups -OCH3 is 1. The summed E-state index contributed by atoms with van der Waals surface area (Å²) in [6.45, 7) is 0. The third-order valence-corrected chi connectivity index (χ3v) is 5.65. The molecule has 0 aliphatic carbocycles. The van der Waals surface area contributed by atoms with Crippen LogP contribution in [0.2, 0.25) is 5.02 Å². The monoisotopic (exact) mass is 391 g/mol. The number of carbonyl (C=O) groups excluding carboxylic acids is 1. The van der Waals surface area contributed by atoms with E-state index < -0.39 is 0 Å². The van der Waals surface area contributed by atoms with Gasteiger partial charge in [0.15, 0.2) is 4.34 Å². The van der Waals surface area contributed by atoms with Crippen LogP contribution in [-0.4, -0.2) is 30.0 Å². The summed E-state index contributed by atoms with van der Waals surface area (Å²) in [4.78, 5) is 16.3. The summed E-state index contributed by atoms with van der Waals surface area (Å²) in [6.07, 6.45) is 1.53. The lowest BCUT2D eigenvalue weighted by Gasteiger charge is -2.02. The van der Waals surface area contributed by atoms with Gasteiger partial charge in [-0.15, -0.1) is 11.3 Å². The normalized spacial score (nSPS) is 11.1. The van der Waals surface area contributed by atoms with Gasteiger partial charge in [-0.1, -0.05) is 35.5 Å². The van der Waals surface area contributed by atoms with Gasteiger partial charge >= 0.3 is 0 Å². The van der Waals surface area contributed by atoms with Crippen molar-refractivity contribution in [1.82, 2.24) is 10.4 Å². The zero-order chi connectivity index (χ0) is 17.6. The maximum Gasteiger partial charge on any atom is 0.250 e. The first-order valence-electron chi connectivity index (χ1n) is 7.29. The molecule has 25 heavy (non-hydrogen) atoms. The third kappa shape index (κ3) is 4.72. The van der Waals surface area contributed by atoms with Crippen molar-refractivity contribution in [1.29, 1.82) is 0 Å². The van der Waals surface area contributed by atoms with Crippen LogP contribution >= 0.6 is 34.7 Å². The summed E-state index contributed by atoms with van der Waals surface area (Å²) in [5.74, 6) is 0.649. The molecule has 0 atom stereocenters. The van der Waals surface area contributed by atoms with Gasteiger partial charge in [-0.25, -0.2) is 10.4 Å². The van der Waals surface area contributed by atoms with Gasteiger partial charge < -0.3 is 4.74 Å². The second kappa shape index (κ2) is 8.33. The number of rotatable bonds is 6. The fraction of sp³-hybridized carbons (Fsp3) is 0.118. The Bertz CT molecular complexity index is 894. The van der Waals surface area contributed by atoms with Crippen LogP contribution in [0, 0.1) is 0 Å². The van der Waals surface area contributed by atoms with E-state index in [0.717, 1.165) is 20.1 Å². The number of hydrogen-bond donors (Lipinski definition) is 1. The molecule has 3 rings (SSSR count). The van der Waals surface area contributed by atoms with Crippen molar-refractivity contribution in [3.05, 3.63) is 53.1 Å². The first-order chi connectivity index (χ1) is 12.2. The van der Waals surface area contributed by atoms with Gasteiger partial charge in [0.05, 0.1) is 34.3 Å². The Hall–Kier alpha value is -2.09. The fourth-order valence-corrected chi connectivity index (χ4v) is 4.14. The fourth-order valence-electron chi connectivity index (χ4n) is 2.01. The van der Waals surface area contributed by atoms with Gasteiger partial charge in [-0.3, -0.25) is 4.79 Å². The molecule has 0 bridgehead atoms. The van der Waals surface area contributed by atoms with Crippen molar-refractivity contribution >= 4 is 57.0 Å². The number of hydrogen-bond acceptors (Lipinski definition) is 6. The average Bonchev–Trinajstić information content (AvgIpc) is 3.03. The summed E-state index contributed by atoms with van der Waals surface area (Å²) in [5.41, 5.74) is 4.21. The van der Waals surface area contributed by atoms with Crippen LogP contribution in [0.5, 0.6) is 5.75 Å². The minimum Gasteiger partial charge on any atom is -0.495 e. The number of thiazole rings is 1. The molecule has 0 aliphatic rings. The van der Waals surface area contributed by atoms with Crippen molar-refractivity contribution < 1.29 is 9.53 Å². The summed E-state index contributed by atoms with van der Waals surface area (Å²) in [5, 5.41) is 4.43. The van der Waals surface area contributed by atoms with Gasteiger partial charge in [0.25, 0.3) is 5.91 Å². The van der Waals surface area contributed by atoms with Crippen molar-refractivity contribution in [2.24, 2.45) is 5.10 Å². The van der Waals surface area contributed by atoms with E-state index in [4.69, 9.17) is 16.3 Å². The maximum absolute atomic E-state index is 11.9. The molecule has 0 unspecified atom stereocenters. The van der Waals surface area contributed by atoms with E-state index in [9.17, 15) is 4.79 Å². The molecule has 0 radical (unpaired) electrons. The highest BCUT2D eigenvalue weighted by molar-refractivity contribution is 8.01. The number of nitrogens with one attached hydrogen (secondary N) is 1. The van der Waals surface area contributed by atoms with E-state index in [0.29, 0.717) is 10.8 Å². The van der Waals surface area contributed by atoms with Gasteiger partial charge in [0, 0.05) is 0 Å². The Balaban J connectivity index is 1.51. The number of carbonyl (C=O) groups is 1. The highest BCUT2D eigenvalue weighted by Gasteiger charge is 2.07. The number of fused-ring (bicyclic) bond motifs is 1. The highest BCUT2D eigenvalue weighted by Crippen LogP contribution is 2.29. The molecule has 128 valence electrons. The van der Waals surface area contributed by atoms with E-state index >= 15 is 0 Å². The van der Waals surface area contributed by atoms with Gasteiger partial charge in [0.2, 0.25) is 0 Å². The Kier molecular flexibility index (Phi) is 5.91. The first-order valence-corrected chi connectivity index (χ1v) is 9.47. The quantitative estimate of drug-likeness (QED) is 0.388. The second-order valence-corrected chi connectivity index (χ2v) is 7.58. The number of thioether (sulfide) groups is 1. The smallest absolute Gasteiger partial charge is 0.250 e. The van der Waals surface area contributed by atoms with Gasteiger partial charge in [-0.05, 0) is 35.9 Å². The van der Waals surface area contributed by atoms with E-state index in [-0.39, 0.29) is 11.7 Å².